The van der Waals surface area contributed by atoms with E-state index in [0.717, 1.165) is 0 Å². The van der Waals surface area contributed by atoms with E-state index in [4.69, 9.17) is 23.1 Å². The van der Waals surface area contributed by atoms with E-state index in [-0.39, 0.29) is 28.3 Å². The van der Waals surface area contributed by atoms with Gasteiger partial charge in [0.25, 0.3) is 0 Å². The number of nitrogens with one attached hydrogen (secondary N) is 1. The fraction of sp³-hybridized carbons (Fsp3) is 0.444. The predicted octanol–water partition coefficient (Wildman–Crippen LogP) is 0.333. The molecule has 96 valence electrons. The third-order valence-electron chi connectivity index (χ3n) is 2.03. The van der Waals surface area contributed by atoms with Crippen molar-refractivity contribution in [3.63, 3.8) is 0 Å². The number of hydrogen-bond donors (Lipinski definition) is 3. The highest BCUT2D eigenvalue weighted by Crippen LogP contribution is 2.19. The van der Waals surface area contributed by atoms with Crippen LogP contribution in [0.25, 0.3) is 0 Å². The molecule has 0 amide bonds. The minimum atomic E-state index is -3.69. The first kappa shape index (κ1) is 14.2. The van der Waals surface area contributed by atoms with Gasteiger partial charge in [-0.2, -0.15) is 0 Å². The number of halogens is 1. The van der Waals surface area contributed by atoms with Gasteiger partial charge in [0.2, 0.25) is 10.0 Å². The summed E-state index contributed by atoms with van der Waals surface area (Å²) in [6, 6.07) is 1.19. The molecule has 1 heterocycles. The van der Waals surface area contributed by atoms with Crippen molar-refractivity contribution < 1.29 is 8.42 Å². The smallest absolute Gasteiger partial charge is 0.244 e. The maximum absolute atomic E-state index is 11.9. The fourth-order valence-electron chi connectivity index (χ4n) is 1.15. The van der Waals surface area contributed by atoms with Crippen LogP contribution in [-0.4, -0.2) is 26.0 Å². The third kappa shape index (κ3) is 4.12. The van der Waals surface area contributed by atoms with Crippen molar-refractivity contribution in [2.24, 2.45) is 5.73 Å². The quantitative estimate of drug-likeness (QED) is 0.719. The third-order valence-corrected chi connectivity index (χ3v) is 3.73. The number of aromatic nitrogens is 1. The Kier molecular flexibility index (Phi) is 4.70. The highest BCUT2D eigenvalue weighted by Gasteiger charge is 2.18. The van der Waals surface area contributed by atoms with Crippen LogP contribution < -0.4 is 16.2 Å². The summed E-state index contributed by atoms with van der Waals surface area (Å²) in [6.07, 6.45) is 1.82. The molecule has 0 saturated heterocycles. The van der Waals surface area contributed by atoms with Gasteiger partial charge in [-0.15, -0.1) is 0 Å². The molecule has 0 aliphatic heterocycles. The van der Waals surface area contributed by atoms with Gasteiger partial charge in [0.05, 0.1) is 5.02 Å². The van der Waals surface area contributed by atoms with Gasteiger partial charge < -0.3 is 11.5 Å². The first-order valence-electron chi connectivity index (χ1n) is 4.99. The van der Waals surface area contributed by atoms with Crippen LogP contribution in [0.15, 0.2) is 17.2 Å². The lowest BCUT2D eigenvalue weighted by molar-refractivity contribution is 0.572. The van der Waals surface area contributed by atoms with Crippen LogP contribution in [0.3, 0.4) is 0 Å². The molecular weight excluding hydrogens is 264 g/mol. The van der Waals surface area contributed by atoms with Gasteiger partial charge in [0.15, 0.2) is 0 Å². The normalized spacial score (nSPS) is 13.6. The summed E-state index contributed by atoms with van der Waals surface area (Å²) in [5, 5.41) is 0.215. The minimum Gasteiger partial charge on any atom is -0.383 e. The number of nitrogens with zero attached hydrogens (tertiary/aromatic N) is 1. The Morgan fingerprint density at radius 3 is 2.82 bits per heavy atom. The molecule has 1 aromatic heterocycles. The number of rotatable bonds is 5. The van der Waals surface area contributed by atoms with Crippen molar-refractivity contribution in [1.29, 1.82) is 0 Å². The van der Waals surface area contributed by atoms with E-state index in [1.807, 2.05) is 0 Å². The predicted molar refractivity (Wildman–Crippen MR) is 67.1 cm³/mol. The lowest BCUT2D eigenvalue weighted by Gasteiger charge is -2.09. The molecule has 0 radical (unpaired) electrons. The van der Waals surface area contributed by atoms with Gasteiger partial charge in [0.1, 0.15) is 10.7 Å². The first-order valence-corrected chi connectivity index (χ1v) is 6.85. The lowest BCUT2D eigenvalue weighted by atomic mass is 10.3. The average molecular weight is 279 g/mol. The summed E-state index contributed by atoms with van der Waals surface area (Å²) in [7, 11) is -3.69. The maximum atomic E-state index is 11.9. The molecule has 1 aromatic rings. The van der Waals surface area contributed by atoms with Gasteiger partial charge >= 0.3 is 0 Å². The van der Waals surface area contributed by atoms with E-state index in [9.17, 15) is 8.42 Å². The molecule has 1 atom stereocenters. The summed E-state index contributed by atoms with van der Waals surface area (Å²) >= 11 is 5.68. The highest BCUT2D eigenvalue weighted by atomic mass is 35.5. The van der Waals surface area contributed by atoms with Crippen LogP contribution in [0, 0.1) is 0 Å². The van der Waals surface area contributed by atoms with Crippen molar-refractivity contribution in [2.75, 3.05) is 12.3 Å². The second kappa shape index (κ2) is 5.63. The Morgan fingerprint density at radius 2 is 2.24 bits per heavy atom. The number of pyridine rings is 1. The maximum Gasteiger partial charge on any atom is 0.244 e. The van der Waals surface area contributed by atoms with Crippen LogP contribution in [-0.2, 0) is 10.0 Å². The number of nitrogen functional groups attached to an aromatic ring is 1. The molecule has 8 heteroatoms. The van der Waals surface area contributed by atoms with E-state index >= 15 is 0 Å². The van der Waals surface area contributed by atoms with E-state index in [2.05, 4.69) is 9.71 Å². The molecule has 0 aromatic carbocycles. The Bertz CT molecular complexity index is 490. The van der Waals surface area contributed by atoms with Crippen molar-refractivity contribution in [2.45, 2.75) is 24.3 Å². The average Bonchev–Trinajstić information content (AvgIpc) is 2.20. The van der Waals surface area contributed by atoms with Gasteiger partial charge in [0, 0.05) is 18.8 Å². The van der Waals surface area contributed by atoms with Gasteiger partial charge in [-0.25, -0.2) is 18.1 Å². The number of sulfonamides is 1. The zero-order valence-electron chi connectivity index (χ0n) is 9.35. The van der Waals surface area contributed by atoms with E-state index in [1.165, 1.54) is 12.3 Å². The summed E-state index contributed by atoms with van der Waals surface area (Å²) < 4.78 is 26.1. The van der Waals surface area contributed by atoms with Gasteiger partial charge in [-0.05, 0) is 19.4 Å². The first-order chi connectivity index (χ1) is 7.83. The zero-order valence-corrected chi connectivity index (χ0v) is 10.9. The van der Waals surface area contributed by atoms with Crippen molar-refractivity contribution in [1.82, 2.24) is 9.71 Å². The lowest BCUT2D eigenvalue weighted by Crippen LogP contribution is -2.29. The second-order valence-corrected chi connectivity index (χ2v) is 5.87. The zero-order chi connectivity index (χ0) is 13.1. The molecule has 0 aliphatic carbocycles. The summed E-state index contributed by atoms with van der Waals surface area (Å²) in [5.74, 6) is -0.0808. The monoisotopic (exact) mass is 278 g/mol. The Balaban J connectivity index is 2.86. The van der Waals surface area contributed by atoms with E-state index in [1.54, 1.807) is 6.92 Å². The van der Waals surface area contributed by atoms with Gasteiger partial charge in [-0.3, -0.25) is 0 Å². The molecular formula is C9H15ClN4O2S. The SMILES string of the molecule is CC(N)CCNS(=O)(=O)c1cc(Cl)cnc1N. The number of nitrogens with two attached hydrogens (primary N) is 2. The van der Waals surface area contributed by atoms with Gasteiger partial charge in [-0.1, -0.05) is 11.6 Å². The molecule has 0 aliphatic rings. The highest BCUT2D eigenvalue weighted by molar-refractivity contribution is 7.89. The van der Waals surface area contributed by atoms with Crippen molar-refractivity contribution in [3.8, 4) is 0 Å². The molecule has 0 fully saturated rings. The van der Waals surface area contributed by atoms with E-state index in [0.29, 0.717) is 6.42 Å². The summed E-state index contributed by atoms with van der Waals surface area (Å²) in [6.45, 7) is 2.04. The summed E-state index contributed by atoms with van der Waals surface area (Å²) in [4.78, 5) is 3.57. The van der Waals surface area contributed by atoms with E-state index < -0.39 is 10.0 Å². The standard InChI is InChI=1S/C9H15ClN4O2S/c1-6(11)2-3-14-17(15,16)8-4-7(10)5-13-9(8)12/h4-6,14H,2-3,11H2,1H3,(H2,12,13). The largest absolute Gasteiger partial charge is 0.383 e. The Morgan fingerprint density at radius 1 is 1.59 bits per heavy atom. The van der Waals surface area contributed by atoms with Crippen LogP contribution in [0.1, 0.15) is 13.3 Å². The molecule has 1 unspecified atom stereocenters. The molecule has 0 saturated carbocycles. The molecule has 17 heavy (non-hydrogen) atoms. The topological polar surface area (TPSA) is 111 Å². The van der Waals surface area contributed by atoms with Crippen molar-refractivity contribution >= 4 is 27.4 Å². The Labute approximate surface area is 105 Å². The van der Waals surface area contributed by atoms with Crippen LogP contribution >= 0.6 is 11.6 Å². The van der Waals surface area contributed by atoms with Crippen LogP contribution in [0.4, 0.5) is 5.82 Å². The molecule has 0 bridgehead atoms. The molecule has 1 rings (SSSR count). The molecule has 0 spiro atoms. The number of hydrogen-bond acceptors (Lipinski definition) is 5. The fourth-order valence-corrected chi connectivity index (χ4v) is 2.52. The summed E-state index contributed by atoms with van der Waals surface area (Å²) in [5.41, 5.74) is 11.0. The molecule has 5 N–H and O–H groups in total. The number of anilines is 1. The molecule has 6 nitrogen and oxygen atoms in total. The van der Waals surface area contributed by atoms with Crippen LogP contribution in [0.2, 0.25) is 5.02 Å². The minimum absolute atomic E-state index is 0.0764. The Hall–Kier alpha value is -0.890. The second-order valence-electron chi connectivity index (χ2n) is 3.70. The van der Waals surface area contributed by atoms with Crippen LogP contribution in [0.5, 0.6) is 0 Å². The van der Waals surface area contributed by atoms with Crippen molar-refractivity contribution in [3.05, 3.63) is 17.3 Å².